The highest BCUT2D eigenvalue weighted by Crippen LogP contribution is 2.37. The van der Waals surface area contributed by atoms with E-state index in [2.05, 4.69) is 15.4 Å². The standard InChI is InChI=1S/C47H49F5N6O9/c1-27(29-12-16-33(48)17-13-29)36(59)20-28-8-10-30(11-9-28)32-15-19-38-53-42(55-57(38)22-32)58(44(63)66-26-65-41(61)39(45(2,3)4)54-43(62)67-46(5,6)7)35-18-14-31(40(60)56-23-34(49)24-56)21-37(35)64-25-47(50,51)52/h8-19,21-22,27,34,39H,20,23-26H2,1-7H3,(H,54,62)/t27-,39-/m1/s1. The van der Waals surface area contributed by atoms with Gasteiger partial charge in [0, 0.05) is 29.7 Å². The van der Waals surface area contributed by atoms with E-state index in [1.165, 1.54) is 22.7 Å². The molecule has 5 aromatic rings. The van der Waals surface area contributed by atoms with Crippen LogP contribution in [0.4, 0.5) is 43.2 Å². The number of carbonyl (C=O) groups is 5. The minimum Gasteiger partial charge on any atom is -0.482 e. The molecule has 3 aromatic carbocycles. The van der Waals surface area contributed by atoms with Crippen molar-refractivity contribution in [2.75, 3.05) is 31.4 Å². The Morgan fingerprint density at radius 3 is 2.13 bits per heavy atom. The van der Waals surface area contributed by atoms with E-state index in [4.69, 9.17) is 18.9 Å². The van der Waals surface area contributed by atoms with Gasteiger partial charge in [-0.3, -0.25) is 9.59 Å². The van der Waals surface area contributed by atoms with Crippen LogP contribution in [0.2, 0.25) is 0 Å². The predicted molar refractivity (Wildman–Crippen MR) is 233 cm³/mol. The van der Waals surface area contributed by atoms with E-state index in [0.717, 1.165) is 22.6 Å². The highest BCUT2D eigenvalue weighted by Gasteiger charge is 2.37. The van der Waals surface area contributed by atoms with E-state index in [9.17, 15) is 45.9 Å². The normalized spacial score (nSPS) is 14.1. The molecule has 356 valence electrons. The van der Waals surface area contributed by atoms with Crippen LogP contribution in [-0.2, 0) is 30.2 Å². The molecule has 0 radical (unpaired) electrons. The van der Waals surface area contributed by atoms with Gasteiger partial charge in [0.05, 0.1) is 18.8 Å². The number of alkyl halides is 4. The summed E-state index contributed by atoms with van der Waals surface area (Å²) < 4.78 is 90.2. The molecule has 3 amide bonds. The number of ketones is 1. The smallest absolute Gasteiger partial charge is 0.424 e. The maximum Gasteiger partial charge on any atom is 0.424 e. The van der Waals surface area contributed by atoms with Gasteiger partial charge in [0.2, 0.25) is 6.79 Å². The number of ether oxygens (including phenoxy) is 4. The average molecular weight is 937 g/mol. The number of alkyl carbamates (subject to hydrolysis) is 1. The molecule has 0 unspecified atom stereocenters. The fourth-order valence-electron chi connectivity index (χ4n) is 6.75. The van der Waals surface area contributed by atoms with Crippen LogP contribution in [0.25, 0.3) is 16.8 Å². The van der Waals surface area contributed by atoms with Crippen molar-refractivity contribution in [3.63, 3.8) is 0 Å². The van der Waals surface area contributed by atoms with Crippen LogP contribution in [0.15, 0.2) is 85.1 Å². The fourth-order valence-corrected chi connectivity index (χ4v) is 6.75. The molecular weight excluding hydrogens is 888 g/mol. The number of fused-ring (bicyclic) bond motifs is 1. The minimum absolute atomic E-state index is 0.0687. The number of pyridine rings is 1. The van der Waals surface area contributed by atoms with E-state index in [1.54, 1.807) is 103 Å². The van der Waals surface area contributed by atoms with Crippen LogP contribution < -0.4 is 15.0 Å². The van der Waals surface area contributed by atoms with Crippen LogP contribution in [0.5, 0.6) is 5.75 Å². The number of nitrogens with one attached hydrogen (secondary N) is 1. The van der Waals surface area contributed by atoms with E-state index in [-0.39, 0.29) is 36.5 Å². The van der Waals surface area contributed by atoms with Crippen molar-refractivity contribution in [1.82, 2.24) is 24.8 Å². The van der Waals surface area contributed by atoms with Crippen molar-refractivity contribution in [3.05, 3.63) is 108 Å². The van der Waals surface area contributed by atoms with Gasteiger partial charge in [-0.05, 0) is 85.3 Å². The van der Waals surface area contributed by atoms with Gasteiger partial charge in [0.25, 0.3) is 11.9 Å². The van der Waals surface area contributed by atoms with Gasteiger partial charge in [0.15, 0.2) is 12.3 Å². The molecule has 1 aliphatic heterocycles. The number of amides is 3. The highest BCUT2D eigenvalue weighted by molar-refractivity contribution is 5.99. The maximum atomic E-state index is 14.1. The summed E-state index contributed by atoms with van der Waals surface area (Å²) in [4.78, 5) is 72.4. The third-order valence-electron chi connectivity index (χ3n) is 10.3. The van der Waals surface area contributed by atoms with Gasteiger partial charge < -0.3 is 29.2 Å². The number of aromatic nitrogens is 3. The van der Waals surface area contributed by atoms with Gasteiger partial charge in [-0.25, -0.2) is 32.6 Å². The summed E-state index contributed by atoms with van der Waals surface area (Å²) in [5.41, 5.74) is 0.454. The lowest BCUT2D eigenvalue weighted by atomic mass is 9.87. The summed E-state index contributed by atoms with van der Waals surface area (Å²) in [5, 5.41) is 6.89. The monoisotopic (exact) mass is 936 g/mol. The number of carbonyl (C=O) groups excluding carboxylic acids is 5. The van der Waals surface area contributed by atoms with E-state index >= 15 is 0 Å². The van der Waals surface area contributed by atoms with Crippen molar-refractivity contribution in [2.45, 2.75) is 84.8 Å². The van der Waals surface area contributed by atoms with Crippen molar-refractivity contribution in [2.24, 2.45) is 5.41 Å². The van der Waals surface area contributed by atoms with E-state index in [0.29, 0.717) is 21.6 Å². The summed E-state index contributed by atoms with van der Waals surface area (Å²) in [6.45, 7) is 8.18. The first-order chi connectivity index (χ1) is 31.3. The quantitative estimate of drug-likeness (QED) is 0.0641. The SMILES string of the molecule is C[C@@H](C(=O)Cc1ccc(-c2ccc3nc(N(C(=O)OCOC(=O)[C@@H](NC(=O)OC(C)(C)C)C(C)(C)C)c4ccc(C(=O)N5CC(F)C5)cc4OCC(F)(F)F)nn3c2)cc1)c1ccc(F)cc1. The Bertz CT molecular complexity index is 2620. The maximum absolute atomic E-state index is 14.1. The molecule has 0 spiro atoms. The second-order valence-corrected chi connectivity index (χ2v) is 17.9. The van der Waals surface area contributed by atoms with E-state index < -0.39 is 96.0 Å². The first kappa shape index (κ1) is 49.3. The zero-order valence-corrected chi connectivity index (χ0v) is 37.7. The molecule has 3 heterocycles. The number of likely N-dealkylation sites (tertiary alicyclic amines) is 1. The third kappa shape index (κ3) is 12.8. The van der Waals surface area contributed by atoms with Crippen LogP contribution in [-0.4, -0.2) is 99.8 Å². The van der Waals surface area contributed by atoms with Crippen molar-refractivity contribution < 1.29 is 64.9 Å². The summed E-state index contributed by atoms with van der Waals surface area (Å²) in [5.74, 6) is -3.74. The molecule has 6 rings (SSSR count). The highest BCUT2D eigenvalue weighted by atomic mass is 19.4. The lowest BCUT2D eigenvalue weighted by molar-refractivity contribution is -0.157. The number of rotatable bonds is 14. The van der Waals surface area contributed by atoms with E-state index in [1.807, 2.05) is 0 Å². The van der Waals surface area contributed by atoms with Crippen LogP contribution >= 0.6 is 0 Å². The first-order valence-corrected chi connectivity index (χ1v) is 21.0. The van der Waals surface area contributed by atoms with Crippen LogP contribution in [0.1, 0.15) is 75.9 Å². The molecule has 2 atom stereocenters. The summed E-state index contributed by atoms with van der Waals surface area (Å²) in [7, 11) is 0. The summed E-state index contributed by atoms with van der Waals surface area (Å²) >= 11 is 0. The van der Waals surface area contributed by atoms with Gasteiger partial charge in [-0.1, -0.05) is 64.1 Å². The average Bonchev–Trinajstić information content (AvgIpc) is 3.65. The molecule has 1 saturated heterocycles. The van der Waals surface area contributed by atoms with Gasteiger partial charge in [-0.2, -0.15) is 18.2 Å². The lowest BCUT2D eigenvalue weighted by Gasteiger charge is -2.34. The number of benzene rings is 3. The van der Waals surface area contributed by atoms with Gasteiger partial charge >= 0.3 is 24.3 Å². The molecule has 67 heavy (non-hydrogen) atoms. The number of hydrogen-bond donors (Lipinski definition) is 1. The Labute approximate surface area is 382 Å². The zero-order chi connectivity index (χ0) is 49.0. The van der Waals surface area contributed by atoms with Crippen molar-refractivity contribution in [3.8, 4) is 16.9 Å². The fraction of sp³-hybridized carbons (Fsp3) is 0.383. The molecule has 20 heteroatoms. The topological polar surface area (TPSA) is 171 Å². The summed E-state index contributed by atoms with van der Waals surface area (Å²) in [6, 6.07) is 18.1. The Hall–Kier alpha value is -7.12. The predicted octanol–water partition coefficient (Wildman–Crippen LogP) is 8.90. The molecule has 0 bridgehead atoms. The second-order valence-electron chi connectivity index (χ2n) is 17.9. The number of halogens is 5. The van der Waals surface area contributed by atoms with Crippen molar-refractivity contribution in [1.29, 1.82) is 0 Å². The molecule has 1 fully saturated rings. The second kappa shape index (κ2) is 19.8. The van der Waals surface area contributed by atoms with Crippen molar-refractivity contribution >= 4 is 47.1 Å². The molecule has 1 aliphatic rings. The number of nitrogens with zero attached hydrogens (tertiary/aromatic N) is 5. The largest absolute Gasteiger partial charge is 0.482 e. The first-order valence-electron chi connectivity index (χ1n) is 21.0. The van der Waals surface area contributed by atoms with Gasteiger partial charge in [-0.15, -0.1) is 5.10 Å². The molecule has 0 saturated carbocycles. The number of anilines is 2. The molecule has 15 nitrogen and oxygen atoms in total. The zero-order valence-electron chi connectivity index (χ0n) is 37.7. The Kier molecular flexibility index (Phi) is 14.6. The molecular formula is C47H49F5N6O9. The Morgan fingerprint density at radius 1 is 0.866 bits per heavy atom. The summed E-state index contributed by atoms with van der Waals surface area (Å²) in [6.07, 6.45) is -6.74. The number of esters is 1. The number of Topliss-reactive ketones (excluding diaryl/α,β-unsaturated/α-hetero) is 1. The van der Waals surface area contributed by atoms with Gasteiger partial charge in [0.1, 0.15) is 35.2 Å². The minimum atomic E-state index is -4.87. The molecule has 2 aromatic heterocycles. The molecule has 1 N–H and O–H groups in total. The lowest BCUT2D eigenvalue weighted by Crippen LogP contribution is -2.51. The van der Waals surface area contributed by atoms with Crippen LogP contribution in [0.3, 0.4) is 0 Å². The Morgan fingerprint density at radius 2 is 1.52 bits per heavy atom. The Balaban J connectivity index is 1.29. The third-order valence-corrected chi connectivity index (χ3v) is 10.3. The number of hydrogen-bond acceptors (Lipinski definition) is 11. The molecule has 0 aliphatic carbocycles. The van der Waals surface area contributed by atoms with Crippen LogP contribution in [0, 0.1) is 11.2 Å².